The van der Waals surface area contributed by atoms with Crippen molar-refractivity contribution in [3.63, 3.8) is 0 Å². The Hall–Kier alpha value is -4.42. The summed E-state index contributed by atoms with van der Waals surface area (Å²) in [6.45, 7) is 0. The normalized spacial score (nSPS) is 14.9. The number of ether oxygens (including phenoxy) is 1. The number of rotatable bonds is 9. The number of benzene rings is 4. The van der Waals surface area contributed by atoms with Gasteiger partial charge < -0.3 is 15.4 Å². The highest BCUT2D eigenvalue weighted by Gasteiger charge is 2.40. The van der Waals surface area contributed by atoms with Gasteiger partial charge in [0.25, 0.3) is 11.8 Å². The highest BCUT2D eigenvalue weighted by atomic mass is 127. The van der Waals surface area contributed by atoms with Crippen molar-refractivity contribution in [3.05, 3.63) is 124 Å². The topological polar surface area (TPSA) is 105 Å². The molecule has 0 aliphatic carbocycles. The van der Waals surface area contributed by atoms with Crippen LogP contribution < -0.4 is 20.3 Å². The average molecular weight is 704 g/mol. The van der Waals surface area contributed by atoms with Gasteiger partial charge in [0.2, 0.25) is 11.8 Å². The SMILES string of the molecule is COc1ccccc1/C=C(\NC(=O)c1ccccc1)C(=O)Nc1ccc(SC2CC(=O)N(c3ccc(I)cc3)C2=O)cc1. The molecular formula is C33H26IN3O5S. The highest BCUT2D eigenvalue weighted by Crippen LogP contribution is 2.34. The van der Waals surface area contributed by atoms with Gasteiger partial charge in [-0.05, 0) is 95.4 Å². The third-order valence-corrected chi connectivity index (χ3v) is 8.46. The van der Waals surface area contributed by atoms with Crippen LogP contribution in [0.25, 0.3) is 6.08 Å². The number of hydrogen-bond donors (Lipinski definition) is 2. The molecule has 1 saturated heterocycles. The van der Waals surface area contributed by atoms with Crippen molar-refractivity contribution in [2.24, 2.45) is 0 Å². The molecule has 216 valence electrons. The number of para-hydroxylation sites is 1. The van der Waals surface area contributed by atoms with Crippen molar-refractivity contribution in [1.29, 1.82) is 0 Å². The molecule has 4 aromatic rings. The summed E-state index contributed by atoms with van der Waals surface area (Å²) in [5.41, 5.74) is 2.10. The van der Waals surface area contributed by atoms with Crippen molar-refractivity contribution in [2.75, 3.05) is 17.3 Å². The Morgan fingerprint density at radius 3 is 2.28 bits per heavy atom. The van der Waals surface area contributed by atoms with E-state index in [2.05, 4.69) is 33.2 Å². The number of nitrogens with one attached hydrogen (secondary N) is 2. The van der Waals surface area contributed by atoms with Crippen molar-refractivity contribution >= 4 is 75.4 Å². The zero-order valence-electron chi connectivity index (χ0n) is 23.0. The monoisotopic (exact) mass is 703 g/mol. The maximum atomic E-state index is 13.4. The van der Waals surface area contributed by atoms with Crippen molar-refractivity contribution in [1.82, 2.24) is 5.32 Å². The lowest BCUT2D eigenvalue weighted by molar-refractivity contribution is -0.121. The largest absolute Gasteiger partial charge is 0.496 e. The van der Waals surface area contributed by atoms with Crippen LogP contribution >= 0.6 is 34.4 Å². The van der Waals surface area contributed by atoms with Crippen LogP contribution in [0, 0.1) is 3.57 Å². The average Bonchev–Trinajstić information content (AvgIpc) is 3.30. The first-order chi connectivity index (χ1) is 20.8. The molecule has 1 fully saturated rings. The lowest BCUT2D eigenvalue weighted by Gasteiger charge is -2.15. The molecule has 4 aromatic carbocycles. The Morgan fingerprint density at radius 1 is 0.907 bits per heavy atom. The van der Waals surface area contributed by atoms with Gasteiger partial charge in [0.15, 0.2) is 0 Å². The summed E-state index contributed by atoms with van der Waals surface area (Å²) in [7, 11) is 1.53. The Kier molecular flexibility index (Phi) is 9.58. The molecule has 0 radical (unpaired) electrons. The summed E-state index contributed by atoms with van der Waals surface area (Å²) in [5.74, 6) is -0.906. The van der Waals surface area contributed by atoms with Gasteiger partial charge in [-0.3, -0.25) is 19.2 Å². The zero-order valence-corrected chi connectivity index (χ0v) is 25.9. The lowest BCUT2D eigenvalue weighted by Crippen LogP contribution is -2.31. The van der Waals surface area contributed by atoms with Gasteiger partial charge in [-0.25, -0.2) is 4.90 Å². The predicted octanol–water partition coefficient (Wildman–Crippen LogP) is 6.13. The summed E-state index contributed by atoms with van der Waals surface area (Å²) >= 11 is 3.47. The van der Waals surface area contributed by atoms with Crippen LogP contribution in [-0.2, 0) is 14.4 Å². The second-order valence-electron chi connectivity index (χ2n) is 9.45. The van der Waals surface area contributed by atoms with Crippen LogP contribution in [0.3, 0.4) is 0 Å². The second-order valence-corrected chi connectivity index (χ2v) is 12.0. The number of nitrogens with zero attached hydrogens (tertiary/aromatic N) is 1. The summed E-state index contributed by atoms with van der Waals surface area (Å²) in [6.07, 6.45) is 1.66. The molecule has 0 aromatic heterocycles. The Labute approximate surface area is 266 Å². The van der Waals surface area contributed by atoms with Crippen LogP contribution in [0.4, 0.5) is 11.4 Å². The third kappa shape index (κ3) is 7.33. The Bertz CT molecular complexity index is 1690. The number of carbonyl (C=O) groups excluding carboxylic acids is 4. The fraction of sp³-hybridized carbons (Fsp3) is 0.0909. The lowest BCUT2D eigenvalue weighted by atomic mass is 10.1. The van der Waals surface area contributed by atoms with E-state index in [1.807, 2.05) is 24.3 Å². The molecule has 2 N–H and O–H groups in total. The highest BCUT2D eigenvalue weighted by molar-refractivity contribution is 14.1. The number of thioether (sulfide) groups is 1. The van der Waals surface area contributed by atoms with E-state index in [9.17, 15) is 19.2 Å². The van der Waals surface area contributed by atoms with Gasteiger partial charge in [0.1, 0.15) is 11.4 Å². The first-order valence-electron chi connectivity index (χ1n) is 13.2. The minimum atomic E-state index is -0.546. The van der Waals surface area contributed by atoms with Gasteiger partial charge >= 0.3 is 0 Å². The molecule has 1 atom stereocenters. The molecule has 0 saturated carbocycles. The number of halogens is 1. The van der Waals surface area contributed by atoms with E-state index in [1.165, 1.54) is 23.8 Å². The fourth-order valence-electron chi connectivity index (χ4n) is 4.42. The van der Waals surface area contributed by atoms with E-state index in [0.717, 1.165) is 8.47 Å². The molecule has 10 heteroatoms. The van der Waals surface area contributed by atoms with Gasteiger partial charge in [0.05, 0.1) is 18.0 Å². The molecule has 8 nitrogen and oxygen atoms in total. The van der Waals surface area contributed by atoms with E-state index in [4.69, 9.17) is 4.74 Å². The number of amides is 4. The van der Waals surface area contributed by atoms with E-state index >= 15 is 0 Å². The molecule has 4 amide bonds. The minimum absolute atomic E-state index is 0.0301. The van der Waals surface area contributed by atoms with Gasteiger partial charge in [-0.2, -0.15) is 0 Å². The van der Waals surface area contributed by atoms with E-state index < -0.39 is 17.1 Å². The van der Waals surface area contributed by atoms with Crippen LogP contribution in [0.1, 0.15) is 22.3 Å². The third-order valence-electron chi connectivity index (χ3n) is 6.55. The molecule has 1 aliphatic rings. The Balaban J connectivity index is 1.29. The predicted molar refractivity (Wildman–Crippen MR) is 176 cm³/mol. The fourth-order valence-corrected chi connectivity index (χ4v) is 5.83. The van der Waals surface area contributed by atoms with E-state index in [0.29, 0.717) is 28.3 Å². The first kappa shape index (κ1) is 30.1. The summed E-state index contributed by atoms with van der Waals surface area (Å²) in [6, 6.07) is 30.0. The minimum Gasteiger partial charge on any atom is -0.496 e. The van der Waals surface area contributed by atoms with E-state index in [-0.39, 0.29) is 23.9 Å². The van der Waals surface area contributed by atoms with Crippen LogP contribution in [-0.4, -0.2) is 36.0 Å². The molecule has 0 spiro atoms. The summed E-state index contributed by atoms with van der Waals surface area (Å²) < 4.78 is 6.43. The smallest absolute Gasteiger partial charge is 0.272 e. The maximum absolute atomic E-state index is 13.4. The molecule has 43 heavy (non-hydrogen) atoms. The van der Waals surface area contributed by atoms with Crippen LogP contribution in [0.5, 0.6) is 5.75 Å². The van der Waals surface area contributed by atoms with Crippen LogP contribution in [0.2, 0.25) is 0 Å². The second kappa shape index (κ2) is 13.7. The van der Waals surface area contributed by atoms with Crippen molar-refractivity contribution in [3.8, 4) is 5.75 Å². The molecular weight excluding hydrogens is 677 g/mol. The van der Waals surface area contributed by atoms with Crippen molar-refractivity contribution in [2.45, 2.75) is 16.6 Å². The standard InChI is InChI=1S/C33H26IN3O5S/c1-42-28-10-6-5-9-22(28)19-27(36-31(39)21-7-3-2-4-8-21)32(40)35-24-13-17-26(18-14-24)43-29-20-30(38)37(33(29)41)25-15-11-23(34)12-16-25/h2-19,29H,20H2,1H3,(H,35,40)(H,36,39)/b27-19-. The molecule has 1 unspecified atom stereocenters. The van der Waals surface area contributed by atoms with Crippen LogP contribution in [0.15, 0.2) is 114 Å². The number of hydrogen-bond acceptors (Lipinski definition) is 6. The molecule has 1 heterocycles. The maximum Gasteiger partial charge on any atom is 0.272 e. The van der Waals surface area contributed by atoms with Gasteiger partial charge in [-0.15, -0.1) is 11.8 Å². The molecule has 1 aliphatic heterocycles. The first-order valence-corrected chi connectivity index (χ1v) is 15.2. The van der Waals surface area contributed by atoms with E-state index in [1.54, 1.807) is 84.9 Å². The molecule has 5 rings (SSSR count). The van der Waals surface area contributed by atoms with Crippen molar-refractivity contribution < 1.29 is 23.9 Å². The molecule has 0 bridgehead atoms. The van der Waals surface area contributed by atoms with Gasteiger partial charge in [-0.1, -0.05) is 36.4 Å². The zero-order chi connectivity index (χ0) is 30.3. The number of methoxy groups -OCH3 is 1. The van der Waals surface area contributed by atoms with Gasteiger partial charge in [0, 0.05) is 31.7 Å². The summed E-state index contributed by atoms with van der Waals surface area (Å²) in [4.78, 5) is 54.0. The number of imide groups is 1. The summed E-state index contributed by atoms with van der Waals surface area (Å²) in [5, 5.41) is 5.00. The quantitative estimate of drug-likeness (QED) is 0.124. The Morgan fingerprint density at radius 2 is 1.58 bits per heavy atom. The number of anilines is 2. The number of carbonyl (C=O) groups is 4.